The van der Waals surface area contributed by atoms with Gasteiger partial charge in [0, 0.05) is 18.0 Å². The van der Waals surface area contributed by atoms with Gasteiger partial charge in [0.15, 0.2) is 5.58 Å². The molecule has 0 atom stereocenters. The van der Waals surface area contributed by atoms with E-state index in [9.17, 15) is 4.79 Å². The minimum Gasteiger partial charge on any atom is -0.439 e. The molecule has 3 rings (SSSR count). The predicted octanol–water partition coefficient (Wildman–Crippen LogP) is 1.67. The highest BCUT2D eigenvalue weighted by Crippen LogP contribution is 2.18. The van der Waals surface area contributed by atoms with Crippen LogP contribution in [-0.2, 0) is 6.54 Å². The van der Waals surface area contributed by atoms with Crippen molar-refractivity contribution in [2.45, 2.75) is 6.54 Å². The Morgan fingerprint density at radius 1 is 1.42 bits per heavy atom. The number of nitrogens with two attached hydrogens (primary N) is 1. The average molecular weight is 277 g/mol. The molecule has 2 N–H and O–H groups in total. The Balaban J connectivity index is 2.01. The third-order valence-corrected chi connectivity index (χ3v) is 2.78. The van der Waals surface area contributed by atoms with Gasteiger partial charge < -0.3 is 10.2 Å². The first kappa shape index (κ1) is 11.7. The summed E-state index contributed by atoms with van der Waals surface area (Å²) in [5.41, 5.74) is 7.11. The maximum Gasteiger partial charge on any atom is 0.348 e. The Labute approximate surface area is 112 Å². The van der Waals surface area contributed by atoms with Crippen molar-refractivity contribution in [3.63, 3.8) is 0 Å². The van der Waals surface area contributed by atoms with Gasteiger partial charge in [-0.2, -0.15) is 0 Å². The van der Waals surface area contributed by atoms with E-state index in [1.54, 1.807) is 18.2 Å². The van der Waals surface area contributed by atoms with E-state index in [1.807, 2.05) is 0 Å². The minimum atomic E-state index is -0.411. The molecule has 19 heavy (non-hydrogen) atoms. The lowest BCUT2D eigenvalue weighted by atomic mass is 10.3. The van der Waals surface area contributed by atoms with Gasteiger partial charge in [-0.3, -0.25) is 4.57 Å². The topological polar surface area (TPSA) is 86.9 Å². The summed E-state index contributed by atoms with van der Waals surface area (Å²) in [6, 6.07) is 5.18. The van der Waals surface area contributed by atoms with Crippen molar-refractivity contribution in [2.75, 3.05) is 5.73 Å². The minimum absolute atomic E-state index is 0.168. The third-order valence-electron chi connectivity index (χ3n) is 2.59. The molecular formula is C12H9ClN4O2. The molecule has 7 heteroatoms. The molecule has 0 saturated carbocycles. The third kappa shape index (κ3) is 2.30. The Morgan fingerprint density at radius 2 is 2.26 bits per heavy atom. The van der Waals surface area contributed by atoms with Crippen LogP contribution in [0.15, 0.2) is 39.8 Å². The summed E-state index contributed by atoms with van der Waals surface area (Å²) in [6.45, 7) is 0.168. The van der Waals surface area contributed by atoms with Crippen LogP contribution in [0.2, 0.25) is 5.02 Å². The first-order chi connectivity index (χ1) is 9.11. The van der Waals surface area contributed by atoms with Crippen LogP contribution < -0.4 is 11.4 Å². The van der Waals surface area contributed by atoms with E-state index in [0.29, 0.717) is 27.7 Å². The Kier molecular flexibility index (Phi) is 2.72. The fourth-order valence-electron chi connectivity index (χ4n) is 1.74. The van der Waals surface area contributed by atoms with E-state index in [4.69, 9.17) is 21.8 Å². The maximum atomic E-state index is 11.5. The molecule has 96 valence electrons. The number of rotatable bonds is 2. The second-order valence-corrected chi connectivity index (χ2v) is 4.45. The smallest absolute Gasteiger partial charge is 0.348 e. The first-order valence-corrected chi connectivity index (χ1v) is 5.86. The molecule has 0 unspecified atom stereocenters. The summed E-state index contributed by atoms with van der Waals surface area (Å²) in [5.74, 6) is 0.395. The van der Waals surface area contributed by atoms with Crippen molar-refractivity contribution in [1.29, 1.82) is 0 Å². The van der Waals surface area contributed by atoms with Crippen LogP contribution >= 0.6 is 11.6 Å². The van der Waals surface area contributed by atoms with Crippen LogP contribution in [0.5, 0.6) is 0 Å². The number of anilines is 1. The Hall–Kier alpha value is -2.34. The van der Waals surface area contributed by atoms with Crippen molar-refractivity contribution < 1.29 is 4.42 Å². The lowest BCUT2D eigenvalue weighted by molar-refractivity contribution is 0.501. The lowest BCUT2D eigenvalue weighted by Crippen LogP contribution is -2.22. The summed E-state index contributed by atoms with van der Waals surface area (Å²) in [4.78, 5) is 19.4. The Bertz CT molecular complexity index is 809. The molecule has 0 radical (unpaired) electrons. The van der Waals surface area contributed by atoms with E-state index in [1.165, 1.54) is 17.0 Å². The molecule has 2 heterocycles. The van der Waals surface area contributed by atoms with Gasteiger partial charge in [0.05, 0.1) is 11.2 Å². The molecule has 2 aromatic heterocycles. The van der Waals surface area contributed by atoms with E-state index >= 15 is 0 Å². The number of halogens is 1. The van der Waals surface area contributed by atoms with Gasteiger partial charge in [-0.05, 0) is 12.1 Å². The average Bonchev–Trinajstić information content (AvgIpc) is 2.75. The summed E-state index contributed by atoms with van der Waals surface area (Å²) in [6.07, 6.45) is 2.78. The zero-order valence-electron chi connectivity index (χ0n) is 9.71. The van der Waals surface area contributed by atoms with Crippen molar-refractivity contribution in [1.82, 2.24) is 14.5 Å². The zero-order valence-corrected chi connectivity index (χ0v) is 10.5. The molecule has 1 aromatic carbocycles. The monoisotopic (exact) mass is 276 g/mol. The standard InChI is InChI=1S/C12H9ClN4O2/c13-7-4-15-12(18)17(5-7)6-11-16-9-2-1-8(14)3-10(9)19-11/h1-5H,6,14H2. The van der Waals surface area contributed by atoms with Crippen LogP contribution in [0.4, 0.5) is 5.69 Å². The van der Waals surface area contributed by atoms with Gasteiger partial charge in [-0.1, -0.05) is 11.6 Å². The number of nitrogens with zero attached hydrogens (tertiary/aromatic N) is 3. The quantitative estimate of drug-likeness (QED) is 0.720. The molecule has 0 fully saturated rings. The molecule has 0 amide bonds. The van der Waals surface area contributed by atoms with Crippen molar-refractivity contribution in [2.24, 2.45) is 0 Å². The van der Waals surface area contributed by atoms with E-state index < -0.39 is 5.69 Å². The molecule has 0 aliphatic heterocycles. The number of hydrogen-bond donors (Lipinski definition) is 1. The van der Waals surface area contributed by atoms with Crippen LogP contribution in [0.3, 0.4) is 0 Å². The van der Waals surface area contributed by atoms with Gasteiger partial charge in [-0.15, -0.1) is 0 Å². The van der Waals surface area contributed by atoms with Crippen LogP contribution in [0.25, 0.3) is 11.1 Å². The molecular weight excluding hydrogens is 268 g/mol. The second kappa shape index (κ2) is 4.40. The lowest BCUT2D eigenvalue weighted by Gasteiger charge is -2.00. The molecule has 3 aromatic rings. The van der Waals surface area contributed by atoms with Gasteiger partial charge in [0.1, 0.15) is 12.1 Å². The maximum absolute atomic E-state index is 11.5. The van der Waals surface area contributed by atoms with Gasteiger partial charge >= 0.3 is 5.69 Å². The zero-order chi connectivity index (χ0) is 13.4. The largest absolute Gasteiger partial charge is 0.439 e. The summed E-state index contributed by atoms with van der Waals surface area (Å²) in [7, 11) is 0. The SMILES string of the molecule is Nc1ccc2nc(Cn3cc(Cl)cnc3=O)oc2c1. The molecule has 0 spiro atoms. The first-order valence-electron chi connectivity index (χ1n) is 5.49. The normalized spacial score (nSPS) is 11.0. The number of benzene rings is 1. The molecule has 0 aliphatic carbocycles. The summed E-state index contributed by atoms with van der Waals surface area (Å²) >= 11 is 5.79. The van der Waals surface area contributed by atoms with Gasteiger partial charge in [0.2, 0.25) is 5.89 Å². The second-order valence-electron chi connectivity index (χ2n) is 4.02. The fraction of sp³-hybridized carbons (Fsp3) is 0.0833. The Morgan fingerprint density at radius 3 is 3.11 bits per heavy atom. The molecule has 0 saturated heterocycles. The molecule has 0 bridgehead atoms. The number of hydrogen-bond acceptors (Lipinski definition) is 5. The van der Waals surface area contributed by atoms with Crippen molar-refractivity contribution in [3.8, 4) is 0 Å². The highest BCUT2D eigenvalue weighted by Gasteiger charge is 2.08. The van der Waals surface area contributed by atoms with Crippen LogP contribution in [-0.4, -0.2) is 14.5 Å². The highest BCUT2D eigenvalue weighted by molar-refractivity contribution is 6.30. The fourth-order valence-corrected chi connectivity index (χ4v) is 1.91. The number of oxazole rings is 1. The number of aromatic nitrogens is 3. The van der Waals surface area contributed by atoms with Crippen molar-refractivity contribution in [3.05, 3.63) is 52.0 Å². The molecule has 6 nitrogen and oxygen atoms in total. The van der Waals surface area contributed by atoms with E-state index in [0.717, 1.165) is 0 Å². The van der Waals surface area contributed by atoms with Crippen molar-refractivity contribution >= 4 is 28.4 Å². The van der Waals surface area contributed by atoms with Crippen LogP contribution in [0, 0.1) is 0 Å². The van der Waals surface area contributed by atoms with E-state index in [2.05, 4.69) is 9.97 Å². The van der Waals surface area contributed by atoms with E-state index in [-0.39, 0.29) is 6.54 Å². The summed E-state index contributed by atoms with van der Waals surface area (Å²) < 4.78 is 6.86. The van der Waals surface area contributed by atoms with Gasteiger partial charge in [-0.25, -0.2) is 14.8 Å². The summed E-state index contributed by atoms with van der Waals surface area (Å²) in [5, 5.41) is 0.375. The predicted molar refractivity (Wildman–Crippen MR) is 71.0 cm³/mol. The van der Waals surface area contributed by atoms with Crippen LogP contribution in [0.1, 0.15) is 5.89 Å². The highest BCUT2D eigenvalue weighted by atomic mass is 35.5. The number of nitrogen functional groups attached to an aromatic ring is 1. The number of fused-ring (bicyclic) bond motifs is 1. The van der Waals surface area contributed by atoms with Gasteiger partial charge in [0.25, 0.3) is 0 Å². The molecule has 0 aliphatic rings.